The molecule has 10 heteroatoms. The summed E-state index contributed by atoms with van der Waals surface area (Å²) in [5.74, 6) is 1.59. The van der Waals surface area contributed by atoms with Gasteiger partial charge in [0.25, 0.3) is 0 Å². The number of fused-ring (bicyclic) bond motifs is 2. The lowest BCUT2D eigenvalue weighted by Gasteiger charge is -2.25. The number of aliphatic hydroxyl groups excluding tert-OH is 1. The molecule has 1 fully saturated rings. The average molecular weight is 463 g/mol. The van der Waals surface area contributed by atoms with Crippen LogP contribution in [0.1, 0.15) is 17.8 Å². The van der Waals surface area contributed by atoms with Crippen LogP contribution >= 0.6 is 23.2 Å². The summed E-state index contributed by atoms with van der Waals surface area (Å²) in [5.41, 5.74) is 2.39. The molecular weight excluding hydrogens is 443 g/mol. The second-order valence-electron chi connectivity index (χ2n) is 7.63. The minimum atomic E-state index is -0.762. The largest absolute Gasteiger partial charge is 0.454 e. The number of nitrogens with one attached hydrogen (secondary N) is 2. The number of ether oxygens (including phenoxy) is 2. The van der Waals surface area contributed by atoms with Gasteiger partial charge >= 0.3 is 0 Å². The number of aromatic amines is 1. The van der Waals surface area contributed by atoms with Crippen molar-refractivity contribution >= 4 is 40.1 Å². The summed E-state index contributed by atoms with van der Waals surface area (Å²) in [4.78, 5) is 22.4. The second kappa shape index (κ2) is 8.20. The van der Waals surface area contributed by atoms with Crippen molar-refractivity contribution in [3.63, 3.8) is 0 Å². The third-order valence-electron chi connectivity index (χ3n) is 5.58. The molecule has 3 heterocycles. The molecule has 0 saturated carbocycles. The Kier molecular flexibility index (Phi) is 5.39. The third-order valence-corrected chi connectivity index (χ3v) is 6.16. The first-order chi connectivity index (χ1) is 15.0. The number of aliphatic hydroxyl groups is 1. The van der Waals surface area contributed by atoms with Crippen molar-refractivity contribution in [1.82, 2.24) is 20.2 Å². The van der Waals surface area contributed by atoms with Gasteiger partial charge in [-0.15, -0.1) is 0 Å². The molecule has 1 amide bonds. The van der Waals surface area contributed by atoms with E-state index in [1.807, 2.05) is 17.0 Å². The van der Waals surface area contributed by atoms with Gasteiger partial charge in [-0.3, -0.25) is 9.69 Å². The van der Waals surface area contributed by atoms with Gasteiger partial charge in [0.1, 0.15) is 11.9 Å². The smallest absolute Gasteiger partial charge is 0.240 e. The Hall–Kier alpha value is -2.52. The van der Waals surface area contributed by atoms with Gasteiger partial charge in [-0.25, -0.2) is 4.98 Å². The maximum atomic E-state index is 12.9. The maximum absolute atomic E-state index is 12.9. The number of halogens is 2. The van der Waals surface area contributed by atoms with Crippen LogP contribution in [0.2, 0.25) is 10.0 Å². The van der Waals surface area contributed by atoms with Crippen molar-refractivity contribution in [3.8, 4) is 11.5 Å². The first-order valence-corrected chi connectivity index (χ1v) is 10.7. The highest BCUT2D eigenvalue weighted by Crippen LogP contribution is 2.37. The molecule has 31 heavy (non-hydrogen) atoms. The van der Waals surface area contributed by atoms with Gasteiger partial charge < -0.3 is 24.9 Å². The Bertz CT molecular complexity index is 1150. The lowest BCUT2D eigenvalue weighted by molar-refractivity contribution is -0.128. The highest BCUT2D eigenvalue weighted by atomic mass is 35.5. The molecule has 0 radical (unpaired) electrons. The van der Waals surface area contributed by atoms with E-state index in [4.69, 9.17) is 32.7 Å². The summed E-state index contributed by atoms with van der Waals surface area (Å²) in [7, 11) is 0. The van der Waals surface area contributed by atoms with E-state index in [-0.39, 0.29) is 19.2 Å². The van der Waals surface area contributed by atoms with Crippen LogP contribution in [-0.4, -0.2) is 51.4 Å². The number of aromatic nitrogens is 2. The van der Waals surface area contributed by atoms with Crippen molar-refractivity contribution in [2.45, 2.75) is 31.7 Å². The lowest BCUT2D eigenvalue weighted by Crippen LogP contribution is -2.47. The molecule has 0 unspecified atom stereocenters. The van der Waals surface area contributed by atoms with Gasteiger partial charge in [-0.2, -0.15) is 0 Å². The van der Waals surface area contributed by atoms with E-state index in [9.17, 15) is 9.90 Å². The number of imidazole rings is 1. The number of H-pyrrole nitrogens is 1. The Morgan fingerprint density at radius 1 is 1.26 bits per heavy atom. The number of amides is 1. The number of carbonyl (C=O) groups is 1. The maximum Gasteiger partial charge on any atom is 0.240 e. The highest BCUT2D eigenvalue weighted by molar-refractivity contribution is 6.31. The Balaban J connectivity index is 1.28. The number of hydrogen-bond acceptors (Lipinski definition) is 6. The Morgan fingerprint density at radius 3 is 2.90 bits per heavy atom. The summed E-state index contributed by atoms with van der Waals surface area (Å²) < 4.78 is 10.8. The zero-order valence-corrected chi connectivity index (χ0v) is 17.9. The van der Waals surface area contributed by atoms with Crippen LogP contribution in [-0.2, 0) is 17.9 Å². The Morgan fingerprint density at radius 2 is 2.06 bits per heavy atom. The van der Waals surface area contributed by atoms with Crippen molar-refractivity contribution in [3.05, 3.63) is 51.8 Å². The fraction of sp³-hybridized carbons (Fsp3) is 0.333. The van der Waals surface area contributed by atoms with Gasteiger partial charge in [-0.1, -0.05) is 23.2 Å². The van der Waals surface area contributed by atoms with Crippen LogP contribution in [0.25, 0.3) is 11.0 Å². The van der Waals surface area contributed by atoms with Crippen LogP contribution in [0.4, 0.5) is 0 Å². The van der Waals surface area contributed by atoms with Crippen LogP contribution in [0.5, 0.6) is 11.5 Å². The van der Waals surface area contributed by atoms with Crippen molar-refractivity contribution in [2.75, 3.05) is 13.3 Å². The molecule has 1 saturated heterocycles. The van der Waals surface area contributed by atoms with Gasteiger partial charge in [-0.05, 0) is 36.2 Å². The molecule has 5 rings (SSSR count). The predicted octanol–water partition coefficient (Wildman–Crippen LogP) is 2.85. The van der Waals surface area contributed by atoms with Crippen molar-refractivity contribution in [1.29, 1.82) is 0 Å². The molecule has 0 bridgehead atoms. The molecule has 0 spiro atoms. The van der Waals surface area contributed by atoms with Crippen molar-refractivity contribution < 1.29 is 19.4 Å². The molecule has 162 valence electrons. The first-order valence-electron chi connectivity index (χ1n) is 9.90. The van der Waals surface area contributed by atoms with Crippen LogP contribution in [0, 0.1) is 0 Å². The molecule has 3 aromatic rings. The van der Waals surface area contributed by atoms with Crippen molar-refractivity contribution in [2.24, 2.45) is 0 Å². The second-order valence-corrected chi connectivity index (χ2v) is 8.47. The summed E-state index contributed by atoms with van der Waals surface area (Å²) >= 11 is 12.4. The molecule has 3 N–H and O–H groups in total. The number of rotatable bonds is 5. The van der Waals surface area contributed by atoms with E-state index in [0.717, 1.165) is 16.6 Å². The van der Waals surface area contributed by atoms with Crippen LogP contribution in [0.15, 0.2) is 30.3 Å². The van der Waals surface area contributed by atoms with Crippen LogP contribution < -0.4 is 14.8 Å². The average Bonchev–Trinajstić information content (AvgIpc) is 3.44. The highest BCUT2D eigenvalue weighted by Gasteiger charge is 2.38. The zero-order valence-electron chi connectivity index (χ0n) is 16.4. The van der Waals surface area contributed by atoms with Gasteiger partial charge in [0.2, 0.25) is 12.7 Å². The van der Waals surface area contributed by atoms with E-state index < -0.39 is 12.1 Å². The van der Waals surface area contributed by atoms with Crippen LogP contribution in [0.3, 0.4) is 0 Å². The molecule has 2 atom stereocenters. The van der Waals surface area contributed by atoms with E-state index >= 15 is 0 Å². The number of likely N-dealkylation sites (tertiary alicyclic amines) is 1. The molecule has 2 aliphatic heterocycles. The molecular formula is C21H20Cl2N4O4. The van der Waals surface area contributed by atoms with E-state index in [2.05, 4.69) is 15.3 Å². The minimum absolute atomic E-state index is 0.163. The quantitative estimate of drug-likeness (QED) is 0.538. The van der Waals surface area contributed by atoms with E-state index in [0.29, 0.717) is 46.9 Å². The fourth-order valence-electron chi connectivity index (χ4n) is 4.05. The van der Waals surface area contributed by atoms with E-state index in [1.165, 1.54) is 0 Å². The van der Waals surface area contributed by atoms with Gasteiger partial charge in [0, 0.05) is 29.2 Å². The Labute approximate surface area is 188 Å². The monoisotopic (exact) mass is 462 g/mol. The fourth-order valence-corrected chi connectivity index (χ4v) is 4.43. The number of nitrogens with zero attached hydrogens (tertiary/aromatic N) is 2. The molecule has 0 aliphatic carbocycles. The number of carbonyl (C=O) groups excluding carboxylic acids is 1. The molecule has 2 aliphatic rings. The number of hydrogen-bond donors (Lipinski definition) is 3. The summed E-state index contributed by atoms with van der Waals surface area (Å²) in [6, 6.07) is 8.23. The molecule has 2 aromatic carbocycles. The zero-order chi connectivity index (χ0) is 21.5. The normalized spacial score (nSPS) is 20.5. The summed E-state index contributed by atoms with van der Waals surface area (Å²) in [6.45, 7) is 1.37. The molecule has 8 nitrogen and oxygen atoms in total. The number of benzene rings is 2. The topological polar surface area (TPSA) is 99.7 Å². The minimum Gasteiger partial charge on any atom is -0.454 e. The summed E-state index contributed by atoms with van der Waals surface area (Å²) in [5, 5.41) is 14.5. The standard InChI is InChI=1S/C21H20Cl2N4O4/c22-12-1-2-14-15(6-12)26-19(25-14)8-24-21(29)20-16(28)3-4-27(20)9-11-5-17-18(7-13(11)23)31-10-30-17/h1-2,5-7,16,20,28H,3-4,8-10H2,(H,24,29)(H,25,26)/t16-,20-/m0/s1. The van der Waals surface area contributed by atoms with Gasteiger partial charge in [0.15, 0.2) is 11.5 Å². The molecule has 1 aromatic heterocycles. The SMILES string of the molecule is O=C(NCc1nc2ccc(Cl)cc2[nH]1)[C@@H]1[C@@H](O)CCN1Cc1cc2c(cc1Cl)OCO2. The third kappa shape index (κ3) is 4.04. The predicted molar refractivity (Wildman–Crippen MR) is 115 cm³/mol. The summed E-state index contributed by atoms with van der Waals surface area (Å²) in [6.07, 6.45) is -0.258. The van der Waals surface area contributed by atoms with E-state index in [1.54, 1.807) is 18.2 Å². The first kappa shape index (κ1) is 20.4. The van der Waals surface area contributed by atoms with Gasteiger partial charge in [0.05, 0.1) is 23.7 Å². The lowest BCUT2D eigenvalue weighted by atomic mass is 10.1.